The van der Waals surface area contributed by atoms with E-state index in [-0.39, 0.29) is 11.0 Å². The number of thioether (sulfide) groups is 1. The Bertz CT molecular complexity index is 649. The molecule has 4 nitrogen and oxygen atoms in total. The summed E-state index contributed by atoms with van der Waals surface area (Å²) >= 11 is 1.45. The molecule has 20 heavy (non-hydrogen) atoms. The third-order valence-corrected chi connectivity index (χ3v) is 4.50. The molecule has 106 valence electrons. The lowest BCUT2D eigenvalue weighted by atomic mass is 10.0. The van der Waals surface area contributed by atoms with Gasteiger partial charge in [0.05, 0.1) is 5.25 Å². The first-order chi connectivity index (χ1) is 9.40. The molecule has 2 aromatic rings. The molecule has 0 radical (unpaired) electrons. The van der Waals surface area contributed by atoms with Crippen molar-refractivity contribution >= 4 is 17.5 Å². The van der Waals surface area contributed by atoms with Crippen LogP contribution in [0.4, 0.5) is 0 Å². The Morgan fingerprint density at radius 2 is 1.95 bits per heavy atom. The molecule has 1 heterocycles. The average Bonchev–Trinajstić information content (AvgIpc) is 2.72. The van der Waals surface area contributed by atoms with Gasteiger partial charge in [0.1, 0.15) is 5.82 Å². The van der Waals surface area contributed by atoms with E-state index >= 15 is 0 Å². The molecule has 0 amide bonds. The van der Waals surface area contributed by atoms with Crippen LogP contribution in [0.5, 0.6) is 0 Å². The minimum atomic E-state index is -0.183. The number of benzene rings is 1. The van der Waals surface area contributed by atoms with Crippen molar-refractivity contribution in [3.8, 4) is 0 Å². The summed E-state index contributed by atoms with van der Waals surface area (Å²) in [5.74, 6) is 0.982. The molecule has 0 fully saturated rings. The average molecular weight is 289 g/mol. The van der Waals surface area contributed by atoms with Crippen molar-refractivity contribution in [3.63, 3.8) is 0 Å². The molecule has 0 spiro atoms. The predicted octanol–water partition coefficient (Wildman–Crippen LogP) is 3.10. The summed E-state index contributed by atoms with van der Waals surface area (Å²) in [6, 6.07) is 5.97. The minimum absolute atomic E-state index is 0.136. The second-order valence-corrected chi connectivity index (χ2v) is 6.34. The molecular formula is C15H19N3OS. The van der Waals surface area contributed by atoms with Crippen molar-refractivity contribution in [1.82, 2.24) is 14.8 Å². The zero-order valence-corrected chi connectivity index (χ0v) is 13.3. The Kier molecular flexibility index (Phi) is 4.28. The molecule has 0 saturated carbocycles. The highest BCUT2D eigenvalue weighted by molar-refractivity contribution is 8.00. The summed E-state index contributed by atoms with van der Waals surface area (Å²) < 4.78 is 1.90. The lowest BCUT2D eigenvalue weighted by molar-refractivity contribution is 0.0993. The van der Waals surface area contributed by atoms with E-state index in [0.717, 1.165) is 27.7 Å². The Hall–Kier alpha value is -1.62. The van der Waals surface area contributed by atoms with Crippen molar-refractivity contribution in [2.24, 2.45) is 7.05 Å². The first-order valence-corrected chi connectivity index (χ1v) is 7.42. The van der Waals surface area contributed by atoms with E-state index in [2.05, 4.69) is 10.2 Å². The molecular weight excluding hydrogens is 270 g/mol. The number of hydrogen-bond acceptors (Lipinski definition) is 4. The number of carbonyl (C=O) groups is 1. The lowest BCUT2D eigenvalue weighted by Crippen LogP contribution is -2.16. The van der Waals surface area contributed by atoms with Gasteiger partial charge >= 0.3 is 0 Å². The maximum absolute atomic E-state index is 12.6. The van der Waals surface area contributed by atoms with Gasteiger partial charge in [0.25, 0.3) is 0 Å². The molecule has 1 unspecified atom stereocenters. The van der Waals surface area contributed by atoms with Crippen molar-refractivity contribution < 1.29 is 4.79 Å². The summed E-state index contributed by atoms with van der Waals surface area (Å²) in [5, 5.41) is 8.70. The van der Waals surface area contributed by atoms with Crippen LogP contribution in [-0.2, 0) is 7.05 Å². The summed E-state index contributed by atoms with van der Waals surface area (Å²) in [6.45, 7) is 7.78. The van der Waals surface area contributed by atoms with Gasteiger partial charge in [-0.15, -0.1) is 10.2 Å². The zero-order chi connectivity index (χ0) is 14.9. The number of nitrogens with zero attached hydrogens (tertiary/aromatic N) is 3. The largest absolute Gasteiger partial charge is 0.309 e. The lowest BCUT2D eigenvalue weighted by Gasteiger charge is -2.12. The fourth-order valence-electron chi connectivity index (χ4n) is 1.92. The SMILES string of the molecule is Cc1ccc(C)c(C(=O)C(C)Sc2nnc(C)n2C)c1. The maximum atomic E-state index is 12.6. The van der Waals surface area contributed by atoms with Gasteiger partial charge in [-0.05, 0) is 39.3 Å². The van der Waals surface area contributed by atoms with E-state index in [9.17, 15) is 4.79 Å². The number of rotatable bonds is 4. The Morgan fingerprint density at radius 3 is 2.55 bits per heavy atom. The number of aryl methyl sites for hydroxylation is 3. The van der Waals surface area contributed by atoms with Gasteiger partial charge in [0, 0.05) is 12.6 Å². The molecule has 2 rings (SSSR count). The fourth-order valence-corrected chi connectivity index (χ4v) is 2.85. The monoisotopic (exact) mass is 289 g/mol. The van der Waals surface area contributed by atoms with E-state index in [4.69, 9.17) is 0 Å². The number of ketones is 1. The third kappa shape index (κ3) is 2.93. The van der Waals surface area contributed by atoms with E-state index < -0.39 is 0 Å². The van der Waals surface area contributed by atoms with E-state index in [1.54, 1.807) is 0 Å². The molecule has 1 aromatic heterocycles. The number of hydrogen-bond donors (Lipinski definition) is 0. The van der Waals surface area contributed by atoms with Crippen LogP contribution < -0.4 is 0 Å². The quantitative estimate of drug-likeness (QED) is 0.641. The van der Waals surface area contributed by atoms with E-state index in [1.807, 2.05) is 57.5 Å². The highest BCUT2D eigenvalue weighted by Gasteiger charge is 2.20. The Labute approximate surface area is 123 Å². The summed E-state index contributed by atoms with van der Waals surface area (Å²) in [6.07, 6.45) is 0. The Balaban J connectivity index is 2.20. The van der Waals surface area contributed by atoms with Crippen LogP contribution >= 0.6 is 11.8 Å². The van der Waals surface area contributed by atoms with Gasteiger partial charge < -0.3 is 4.57 Å². The topological polar surface area (TPSA) is 47.8 Å². The first kappa shape index (κ1) is 14.8. The molecule has 1 atom stereocenters. The predicted molar refractivity (Wildman–Crippen MR) is 81.3 cm³/mol. The van der Waals surface area contributed by atoms with Gasteiger partial charge in [-0.25, -0.2) is 0 Å². The fraction of sp³-hybridized carbons (Fsp3) is 0.400. The molecule has 1 aromatic carbocycles. The minimum Gasteiger partial charge on any atom is -0.309 e. The number of carbonyl (C=O) groups excluding carboxylic acids is 1. The summed E-state index contributed by atoms with van der Waals surface area (Å²) in [7, 11) is 1.91. The smallest absolute Gasteiger partial charge is 0.191 e. The molecule has 5 heteroatoms. The van der Waals surface area contributed by atoms with E-state index in [0.29, 0.717) is 0 Å². The van der Waals surface area contributed by atoms with Gasteiger partial charge in [0.15, 0.2) is 10.9 Å². The molecule has 0 aliphatic heterocycles. The van der Waals surface area contributed by atoms with Crippen LogP contribution in [0.1, 0.15) is 34.2 Å². The standard InChI is InChI=1S/C15H19N3OS/c1-9-6-7-10(2)13(8-9)14(19)11(3)20-15-17-16-12(4)18(15)5/h6-8,11H,1-5H3. The van der Waals surface area contributed by atoms with Crippen molar-refractivity contribution in [2.75, 3.05) is 0 Å². The van der Waals surface area contributed by atoms with Crippen LogP contribution in [0.15, 0.2) is 23.4 Å². The summed E-state index contributed by atoms with van der Waals surface area (Å²) in [4.78, 5) is 12.6. The molecule has 0 N–H and O–H groups in total. The molecule has 0 aliphatic rings. The first-order valence-electron chi connectivity index (χ1n) is 6.54. The van der Waals surface area contributed by atoms with Gasteiger partial charge in [0.2, 0.25) is 0 Å². The molecule has 0 aliphatic carbocycles. The van der Waals surface area contributed by atoms with Gasteiger partial charge in [-0.2, -0.15) is 0 Å². The summed E-state index contributed by atoms with van der Waals surface area (Å²) in [5.41, 5.74) is 2.91. The maximum Gasteiger partial charge on any atom is 0.191 e. The highest BCUT2D eigenvalue weighted by Crippen LogP contribution is 2.25. The highest BCUT2D eigenvalue weighted by atomic mass is 32.2. The second kappa shape index (κ2) is 5.79. The van der Waals surface area contributed by atoms with Crippen LogP contribution in [-0.4, -0.2) is 25.8 Å². The number of Topliss-reactive ketones (excluding diaryl/α,β-unsaturated/α-hetero) is 1. The van der Waals surface area contributed by atoms with Crippen molar-refractivity contribution in [3.05, 3.63) is 40.7 Å². The van der Waals surface area contributed by atoms with E-state index in [1.165, 1.54) is 11.8 Å². The second-order valence-electron chi connectivity index (χ2n) is 5.03. The van der Waals surface area contributed by atoms with Crippen LogP contribution in [0.2, 0.25) is 0 Å². The normalized spacial score (nSPS) is 12.4. The Morgan fingerprint density at radius 1 is 1.25 bits per heavy atom. The number of aromatic nitrogens is 3. The van der Waals surface area contributed by atoms with Gasteiger partial charge in [-0.1, -0.05) is 29.5 Å². The van der Waals surface area contributed by atoms with Gasteiger partial charge in [-0.3, -0.25) is 4.79 Å². The zero-order valence-electron chi connectivity index (χ0n) is 12.5. The van der Waals surface area contributed by atoms with Crippen molar-refractivity contribution in [2.45, 2.75) is 38.1 Å². The van der Waals surface area contributed by atoms with Crippen LogP contribution in [0.25, 0.3) is 0 Å². The van der Waals surface area contributed by atoms with Crippen molar-refractivity contribution in [1.29, 1.82) is 0 Å². The van der Waals surface area contributed by atoms with Crippen LogP contribution in [0, 0.1) is 20.8 Å². The van der Waals surface area contributed by atoms with Crippen LogP contribution in [0.3, 0.4) is 0 Å². The molecule has 0 bridgehead atoms. The molecule has 0 saturated heterocycles. The third-order valence-electron chi connectivity index (χ3n) is 3.36.